The van der Waals surface area contributed by atoms with Gasteiger partial charge in [-0.2, -0.15) is 0 Å². The van der Waals surface area contributed by atoms with E-state index < -0.39 is 0 Å². The van der Waals surface area contributed by atoms with Crippen molar-refractivity contribution in [2.24, 2.45) is 5.73 Å². The van der Waals surface area contributed by atoms with Gasteiger partial charge < -0.3 is 5.73 Å². The Labute approximate surface area is 88.1 Å². The first-order chi connectivity index (χ1) is 5.88. The number of nitrogens with zero attached hydrogens (tertiary/aromatic N) is 1. The second-order valence-corrected chi connectivity index (χ2v) is 4.56. The van der Waals surface area contributed by atoms with Gasteiger partial charge in [0.05, 0.1) is 0 Å². The van der Waals surface area contributed by atoms with Crippen molar-refractivity contribution in [3.05, 3.63) is 28.0 Å². The van der Waals surface area contributed by atoms with E-state index in [2.05, 4.69) is 4.98 Å². The van der Waals surface area contributed by atoms with Crippen molar-refractivity contribution in [1.82, 2.24) is 4.98 Å². The first kappa shape index (κ1) is 10.8. The van der Waals surface area contributed by atoms with Gasteiger partial charge in [0.25, 0.3) is 0 Å². The summed E-state index contributed by atoms with van der Waals surface area (Å²) in [6.45, 7) is 3.88. The number of aromatic nitrogens is 1. The van der Waals surface area contributed by atoms with Crippen molar-refractivity contribution in [3.63, 3.8) is 0 Å². The number of nitrogens with two attached hydrogens (primary N) is 1. The van der Waals surface area contributed by atoms with E-state index in [1.54, 1.807) is 12.3 Å². The average Bonchev–Trinajstić information content (AvgIpc) is 1.93. The van der Waals surface area contributed by atoms with Crippen molar-refractivity contribution in [2.75, 3.05) is 0 Å². The highest BCUT2D eigenvalue weighted by molar-refractivity contribution is 6.34. The monoisotopic (exact) mass is 218 g/mol. The van der Waals surface area contributed by atoms with Gasteiger partial charge >= 0.3 is 0 Å². The first-order valence-corrected chi connectivity index (χ1v) is 4.73. The molecule has 1 heterocycles. The standard InChI is InChI=1S/C9H12Cl2N2/c1-9(2,12)4-6-5-13-8(11)3-7(6)10/h3,5H,4,12H2,1-2H3. The Bertz CT molecular complexity index is 305. The van der Waals surface area contributed by atoms with Gasteiger partial charge in [-0.3, -0.25) is 0 Å². The fourth-order valence-corrected chi connectivity index (χ4v) is 1.49. The van der Waals surface area contributed by atoms with Crippen LogP contribution in [0.3, 0.4) is 0 Å². The summed E-state index contributed by atoms with van der Waals surface area (Å²) in [6.07, 6.45) is 2.36. The summed E-state index contributed by atoms with van der Waals surface area (Å²) in [4.78, 5) is 3.95. The van der Waals surface area contributed by atoms with Crippen molar-refractivity contribution in [2.45, 2.75) is 25.8 Å². The lowest BCUT2D eigenvalue weighted by molar-refractivity contribution is 0.516. The normalized spacial score (nSPS) is 11.8. The third-order valence-electron chi connectivity index (χ3n) is 1.54. The molecule has 2 N–H and O–H groups in total. The molecule has 0 aromatic carbocycles. The van der Waals surface area contributed by atoms with Crippen LogP contribution in [0, 0.1) is 0 Å². The van der Waals surface area contributed by atoms with E-state index in [1.165, 1.54) is 0 Å². The molecule has 0 bridgehead atoms. The van der Waals surface area contributed by atoms with E-state index in [1.807, 2.05) is 13.8 Å². The molecular weight excluding hydrogens is 207 g/mol. The summed E-state index contributed by atoms with van der Waals surface area (Å²) < 4.78 is 0. The van der Waals surface area contributed by atoms with Crippen LogP contribution in [0.15, 0.2) is 12.3 Å². The SMILES string of the molecule is CC(C)(N)Cc1cnc(Cl)cc1Cl. The van der Waals surface area contributed by atoms with Crippen LogP contribution in [0.4, 0.5) is 0 Å². The predicted octanol–water partition coefficient (Wildman–Crippen LogP) is 2.67. The first-order valence-electron chi connectivity index (χ1n) is 3.97. The maximum Gasteiger partial charge on any atom is 0.130 e. The molecule has 0 unspecified atom stereocenters. The predicted molar refractivity (Wildman–Crippen MR) is 56.2 cm³/mol. The lowest BCUT2D eigenvalue weighted by atomic mass is 9.97. The number of halogens is 2. The molecule has 0 aliphatic carbocycles. The summed E-state index contributed by atoms with van der Waals surface area (Å²) in [5, 5.41) is 1.03. The zero-order valence-corrected chi connectivity index (χ0v) is 9.15. The summed E-state index contributed by atoms with van der Waals surface area (Å²) in [7, 11) is 0. The third-order valence-corrected chi connectivity index (χ3v) is 2.10. The largest absolute Gasteiger partial charge is 0.325 e. The smallest absolute Gasteiger partial charge is 0.130 e. The Kier molecular flexibility index (Phi) is 3.17. The molecule has 1 aromatic heterocycles. The van der Waals surface area contributed by atoms with Crippen molar-refractivity contribution < 1.29 is 0 Å². The molecule has 0 radical (unpaired) electrons. The van der Waals surface area contributed by atoms with E-state index in [-0.39, 0.29) is 5.54 Å². The Balaban J connectivity index is 2.90. The zero-order valence-electron chi connectivity index (χ0n) is 7.64. The van der Waals surface area contributed by atoms with Crippen LogP contribution < -0.4 is 5.73 Å². The molecule has 0 spiro atoms. The molecular formula is C9H12Cl2N2. The Morgan fingerprint density at radius 2 is 2.08 bits per heavy atom. The Hall–Kier alpha value is -0.310. The Morgan fingerprint density at radius 1 is 1.46 bits per heavy atom. The lowest BCUT2D eigenvalue weighted by Crippen LogP contribution is -2.34. The van der Waals surface area contributed by atoms with Crippen LogP contribution >= 0.6 is 23.2 Å². The van der Waals surface area contributed by atoms with Gasteiger partial charge in [-0.1, -0.05) is 23.2 Å². The fraction of sp³-hybridized carbons (Fsp3) is 0.444. The average molecular weight is 219 g/mol. The van der Waals surface area contributed by atoms with E-state index >= 15 is 0 Å². The summed E-state index contributed by atoms with van der Waals surface area (Å²) in [5.41, 5.74) is 6.51. The van der Waals surface area contributed by atoms with Crippen LogP contribution in [0.1, 0.15) is 19.4 Å². The molecule has 0 aliphatic rings. The molecule has 13 heavy (non-hydrogen) atoms. The molecule has 0 amide bonds. The molecule has 2 nitrogen and oxygen atoms in total. The maximum absolute atomic E-state index is 5.96. The van der Waals surface area contributed by atoms with Crippen molar-refractivity contribution >= 4 is 23.2 Å². The van der Waals surface area contributed by atoms with Gasteiger partial charge in [0.15, 0.2) is 0 Å². The van der Waals surface area contributed by atoms with Crippen LogP contribution in [-0.4, -0.2) is 10.5 Å². The van der Waals surface area contributed by atoms with Gasteiger partial charge in [0.2, 0.25) is 0 Å². The summed E-state index contributed by atoms with van der Waals surface area (Å²) in [6, 6.07) is 1.63. The molecule has 0 fully saturated rings. The molecule has 72 valence electrons. The Morgan fingerprint density at radius 3 is 2.54 bits per heavy atom. The molecule has 0 saturated carbocycles. The fourth-order valence-electron chi connectivity index (χ4n) is 1.06. The molecule has 0 saturated heterocycles. The molecule has 1 rings (SSSR count). The second-order valence-electron chi connectivity index (χ2n) is 3.76. The van der Waals surface area contributed by atoms with Gasteiger partial charge in [-0.05, 0) is 31.9 Å². The highest BCUT2D eigenvalue weighted by Crippen LogP contribution is 2.21. The number of hydrogen-bond donors (Lipinski definition) is 1. The third kappa shape index (κ3) is 3.51. The van der Waals surface area contributed by atoms with E-state index in [0.717, 1.165) is 5.56 Å². The van der Waals surface area contributed by atoms with E-state index in [0.29, 0.717) is 16.6 Å². The molecule has 0 aliphatic heterocycles. The molecule has 0 atom stereocenters. The van der Waals surface area contributed by atoms with Crippen LogP contribution in [0.2, 0.25) is 10.2 Å². The van der Waals surface area contributed by atoms with E-state index in [4.69, 9.17) is 28.9 Å². The summed E-state index contributed by atoms with van der Waals surface area (Å²) >= 11 is 11.6. The van der Waals surface area contributed by atoms with Gasteiger partial charge in [-0.25, -0.2) is 4.98 Å². The maximum atomic E-state index is 5.96. The molecule has 4 heteroatoms. The highest BCUT2D eigenvalue weighted by atomic mass is 35.5. The summed E-state index contributed by atoms with van der Waals surface area (Å²) in [5.74, 6) is 0. The molecule has 1 aromatic rings. The van der Waals surface area contributed by atoms with Crippen molar-refractivity contribution in [1.29, 1.82) is 0 Å². The van der Waals surface area contributed by atoms with Gasteiger partial charge in [0.1, 0.15) is 5.15 Å². The lowest BCUT2D eigenvalue weighted by Gasteiger charge is -2.18. The topological polar surface area (TPSA) is 38.9 Å². The van der Waals surface area contributed by atoms with Crippen molar-refractivity contribution in [3.8, 4) is 0 Å². The van der Waals surface area contributed by atoms with Gasteiger partial charge in [0, 0.05) is 16.8 Å². The zero-order chi connectivity index (χ0) is 10.1. The quantitative estimate of drug-likeness (QED) is 0.776. The number of rotatable bonds is 2. The highest BCUT2D eigenvalue weighted by Gasteiger charge is 2.14. The van der Waals surface area contributed by atoms with Gasteiger partial charge in [-0.15, -0.1) is 0 Å². The minimum absolute atomic E-state index is 0.279. The number of hydrogen-bond acceptors (Lipinski definition) is 2. The minimum atomic E-state index is -0.279. The second kappa shape index (κ2) is 3.82. The van der Waals surface area contributed by atoms with Crippen LogP contribution in [0.25, 0.3) is 0 Å². The number of pyridine rings is 1. The van der Waals surface area contributed by atoms with Crippen LogP contribution in [0.5, 0.6) is 0 Å². The van der Waals surface area contributed by atoms with E-state index in [9.17, 15) is 0 Å². The minimum Gasteiger partial charge on any atom is -0.325 e. The van der Waals surface area contributed by atoms with Crippen LogP contribution in [-0.2, 0) is 6.42 Å².